The summed E-state index contributed by atoms with van der Waals surface area (Å²) in [6, 6.07) is 4.25. The predicted octanol–water partition coefficient (Wildman–Crippen LogP) is 2.04. The fourth-order valence-electron chi connectivity index (χ4n) is 1.95. The van der Waals surface area contributed by atoms with Gasteiger partial charge in [-0.1, -0.05) is 22.0 Å². The maximum Gasteiger partial charge on any atom is 0.152 e. The van der Waals surface area contributed by atoms with E-state index in [9.17, 15) is 12.8 Å². The summed E-state index contributed by atoms with van der Waals surface area (Å²) in [7, 11) is -3.08. The highest BCUT2D eigenvalue weighted by molar-refractivity contribution is 9.10. The van der Waals surface area contributed by atoms with Crippen LogP contribution in [0.2, 0.25) is 0 Å². The van der Waals surface area contributed by atoms with Gasteiger partial charge in [-0.25, -0.2) is 12.8 Å². The second-order valence-electron chi connectivity index (χ2n) is 4.14. The van der Waals surface area contributed by atoms with E-state index in [1.807, 2.05) is 0 Å². The fraction of sp³-hybridized carbons (Fsp3) is 0.455. The monoisotopic (exact) mass is 321 g/mol. The summed E-state index contributed by atoms with van der Waals surface area (Å²) in [5.41, 5.74) is 0.415. The van der Waals surface area contributed by atoms with E-state index >= 15 is 0 Å². The lowest BCUT2D eigenvalue weighted by atomic mass is 10.1. The molecule has 6 heteroatoms. The highest BCUT2D eigenvalue weighted by atomic mass is 79.9. The molecule has 0 spiro atoms. The zero-order valence-corrected chi connectivity index (χ0v) is 11.5. The van der Waals surface area contributed by atoms with E-state index in [2.05, 4.69) is 21.2 Å². The third kappa shape index (κ3) is 3.26. The van der Waals surface area contributed by atoms with Crippen molar-refractivity contribution >= 4 is 25.8 Å². The molecule has 0 amide bonds. The van der Waals surface area contributed by atoms with Crippen LogP contribution in [0.1, 0.15) is 18.0 Å². The Balaban J connectivity index is 2.32. The molecule has 1 fully saturated rings. The zero-order valence-electron chi connectivity index (χ0n) is 9.12. The highest BCUT2D eigenvalue weighted by Gasteiger charge is 2.25. The van der Waals surface area contributed by atoms with Crippen LogP contribution in [-0.4, -0.2) is 26.5 Å². The number of benzene rings is 1. The molecule has 1 unspecified atom stereocenters. The number of hydrogen-bond donors (Lipinski definition) is 1. The molecular weight excluding hydrogens is 309 g/mol. The van der Waals surface area contributed by atoms with Crippen molar-refractivity contribution in [3.05, 3.63) is 34.1 Å². The van der Waals surface area contributed by atoms with Crippen molar-refractivity contribution in [2.24, 2.45) is 0 Å². The van der Waals surface area contributed by atoms with Crippen molar-refractivity contribution in [3.8, 4) is 0 Å². The molecule has 2 rings (SSSR count). The average molecular weight is 322 g/mol. The molecule has 1 aromatic carbocycles. The molecule has 0 aliphatic carbocycles. The van der Waals surface area contributed by atoms with Gasteiger partial charge in [-0.15, -0.1) is 0 Å². The van der Waals surface area contributed by atoms with E-state index in [0.29, 0.717) is 23.0 Å². The first-order valence-electron chi connectivity index (χ1n) is 5.37. The molecule has 1 aromatic rings. The van der Waals surface area contributed by atoms with Gasteiger partial charge in [0, 0.05) is 16.1 Å². The number of hydrogen-bond acceptors (Lipinski definition) is 3. The first-order chi connectivity index (χ1) is 7.98. The number of sulfone groups is 1. The number of nitrogens with one attached hydrogen (secondary N) is 1. The number of rotatable bonds is 1. The molecule has 1 N–H and O–H groups in total. The van der Waals surface area contributed by atoms with Gasteiger partial charge in [0.15, 0.2) is 9.84 Å². The summed E-state index contributed by atoms with van der Waals surface area (Å²) in [4.78, 5) is 0. The summed E-state index contributed by atoms with van der Waals surface area (Å²) < 4.78 is 37.7. The third-order valence-corrected chi connectivity index (χ3v) is 5.03. The third-order valence-electron chi connectivity index (χ3n) is 2.78. The lowest BCUT2D eigenvalue weighted by Crippen LogP contribution is -2.26. The van der Waals surface area contributed by atoms with Gasteiger partial charge in [0.2, 0.25) is 0 Å². The van der Waals surface area contributed by atoms with Crippen molar-refractivity contribution in [1.82, 2.24) is 5.32 Å². The second-order valence-corrected chi connectivity index (χ2v) is 7.28. The molecule has 94 valence electrons. The first kappa shape index (κ1) is 13.0. The zero-order chi connectivity index (χ0) is 12.5. The summed E-state index contributed by atoms with van der Waals surface area (Å²) >= 11 is 3.18. The fourth-order valence-corrected chi connectivity index (χ4v) is 3.84. The average Bonchev–Trinajstić information content (AvgIpc) is 2.39. The van der Waals surface area contributed by atoms with Gasteiger partial charge in [0.1, 0.15) is 5.82 Å². The topological polar surface area (TPSA) is 46.2 Å². The molecule has 0 aromatic heterocycles. The molecule has 1 aliphatic heterocycles. The minimum Gasteiger partial charge on any atom is -0.309 e. The highest BCUT2D eigenvalue weighted by Crippen LogP contribution is 2.23. The normalized spacial score (nSPS) is 24.2. The Kier molecular flexibility index (Phi) is 3.85. The van der Waals surface area contributed by atoms with Crippen LogP contribution in [-0.2, 0) is 9.84 Å². The minimum atomic E-state index is -3.08. The van der Waals surface area contributed by atoms with Crippen LogP contribution in [0, 0.1) is 5.82 Å². The van der Waals surface area contributed by atoms with Crippen LogP contribution in [0.5, 0.6) is 0 Å². The lowest BCUT2D eigenvalue weighted by Gasteiger charge is -2.16. The predicted molar refractivity (Wildman–Crippen MR) is 68.1 cm³/mol. The molecule has 0 saturated carbocycles. The van der Waals surface area contributed by atoms with Gasteiger partial charge in [-0.2, -0.15) is 0 Å². The van der Waals surface area contributed by atoms with Crippen molar-refractivity contribution in [1.29, 1.82) is 0 Å². The first-order valence-corrected chi connectivity index (χ1v) is 7.98. The largest absolute Gasteiger partial charge is 0.309 e. The van der Waals surface area contributed by atoms with Gasteiger partial charge in [-0.05, 0) is 25.1 Å². The van der Waals surface area contributed by atoms with Crippen LogP contribution in [0.3, 0.4) is 0 Å². The van der Waals surface area contributed by atoms with Crippen molar-refractivity contribution in [2.75, 3.05) is 18.1 Å². The SMILES string of the molecule is O=S1(=O)CCCNC(c2ccc(Br)cc2F)C1. The van der Waals surface area contributed by atoms with Gasteiger partial charge in [0.25, 0.3) is 0 Å². The molecule has 1 saturated heterocycles. The van der Waals surface area contributed by atoms with Crippen molar-refractivity contribution < 1.29 is 12.8 Å². The standard InChI is InChI=1S/C11H13BrFNO2S/c12-8-2-3-9(10(13)6-8)11-7-17(15,16)5-1-4-14-11/h2-3,6,11,14H,1,4-5,7H2. The Bertz CT molecular complexity index is 518. The van der Waals surface area contributed by atoms with Crippen LogP contribution in [0.25, 0.3) is 0 Å². The summed E-state index contributed by atoms with van der Waals surface area (Å²) in [5.74, 6) is -0.241. The Morgan fingerprint density at radius 1 is 1.41 bits per heavy atom. The van der Waals surface area contributed by atoms with E-state index in [1.165, 1.54) is 6.07 Å². The van der Waals surface area contributed by atoms with Crippen LogP contribution >= 0.6 is 15.9 Å². The van der Waals surface area contributed by atoms with Gasteiger partial charge in [0.05, 0.1) is 11.5 Å². The molecule has 1 atom stereocenters. The molecular formula is C11H13BrFNO2S. The second kappa shape index (κ2) is 5.04. The van der Waals surface area contributed by atoms with E-state index < -0.39 is 15.9 Å². The summed E-state index contributed by atoms with van der Waals surface area (Å²) in [5, 5.41) is 3.08. The Morgan fingerprint density at radius 2 is 2.18 bits per heavy atom. The summed E-state index contributed by atoms with van der Waals surface area (Å²) in [6.07, 6.45) is 0.580. The Labute approximate surface area is 108 Å². The molecule has 1 aliphatic rings. The number of halogens is 2. The Morgan fingerprint density at radius 3 is 2.88 bits per heavy atom. The van der Waals surface area contributed by atoms with Crippen LogP contribution in [0.4, 0.5) is 4.39 Å². The van der Waals surface area contributed by atoms with Crippen molar-refractivity contribution in [2.45, 2.75) is 12.5 Å². The molecule has 3 nitrogen and oxygen atoms in total. The quantitative estimate of drug-likeness (QED) is 0.861. The van der Waals surface area contributed by atoms with Gasteiger partial charge < -0.3 is 5.32 Å². The van der Waals surface area contributed by atoms with Gasteiger partial charge >= 0.3 is 0 Å². The molecule has 17 heavy (non-hydrogen) atoms. The van der Waals surface area contributed by atoms with E-state index in [0.717, 1.165) is 0 Å². The molecule has 1 heterocycles. The van der Waals surface area contributed by atoms with E-state index in [-0.39, 0.29) is 17.3 Å². The summed E-state index contributed by atoms with van der Waals surface area (Å²) in [6.45, 7) is 0.597. The lowest BCUT2D eigenvalue weighted by molar-refractivity contribution is 0.533. The van der Waals surface area contributed by atoms with Crippen LogP contribution < -0.4 is 5.32 Å². The minimum absolute atomic E-state index is 0.0362. The maximum absolute atomic E-state index is 13.8. The van der Waals surface area contributed by atoms with Crippen LogP contribution in [0.15, 0.2) is 22.7 Å². The molecule has 0 radical (unpaired) electrons. The van der Waals surface area contributed by atoms with Crippen molar-refractivity contribution in [3.63, 3.8) is 0 Å². The molecule has 0 bridgehead atoms. The van der Waals surface area contributed by atoms with E-state index in [4.69, 9.17) is 0 Å². The van der Waals surface area contributed by atoms with E-state index in [1.54, 1.807) is 12.1 Å². The smallest absolute Gasteiger partial charge is 0.152 e. The Hall–Kier alpha value is -0.460. The maximum atomic E-state index is 13.8. The van der Waals surface area contributed by atoms with Gasteiger partial charge in [-0.3, -0.25) is 0 Å².